The van der Waals surface area contributed by atoms with E-state index in [0.29, 0.717) is 25.6 Å². The number of ether oxygens (including phenoxy) is 2. The van der Waals surface area contributed by atoms with Crippen molar-refractivity contribution in [2.75, 3.05) is 13.2 Å². The second kappa shape index (κ2) is 5.12. The van der Waals surface area contributed by atoms with E-state index in [2.05, 4.69) is 0 Å². The van der Waals surface area contributed by atoms with Crippen LogP contribution in [0.4, 0.5) is 0 Å². The van der Waals surface area contributed by atoms with Gasteiger partial charge in [0.2, 0.25) is 0 Å². The van der Waals surface area contributed by atoms with Gasteiger partial charge in [0.1, 0.15) is 6.10 Å². The molecule has 0 saturated carbocycles. The first-order chi connectivity index (χ1) is 7.75. The average molecular weight is 220 g/mol. The van der Waals surface area contributed by atoms with Crippen LogP contribution in [0, 0.1) is 5.92 Å². The lowest BCUT2D eigenvalue weighted by Gasteiger charge is -2.14. The summed E-state index contributed by atoms with van der Waals surface area (Å²) in [6.07, 6.45) is 0.264. The minimum absolute atomic E-state index is 0.0730. The van der Waals surface area contributed by atoms with Crippen LogP contribution < -0.4 is 0 Å². The third-order valence-corrected chi connectivity index (χ3v) is 2.77. The Bertz CT molecular complexity index is 347. The highest BCUT2D eigenvalue weighted by atomic mass is 16.6. The fourth-order valence-corrected chi connectivity index (χ4v) is 1.76. The Morgan fingerprint density at radius 1 is 1.38 bits per heavy atom. The Morgan fingerprint density at radius 3 is 2.75 bits per heavy atom. The second-order valence-electron chi connectivity index (χ2n) is 4.21. The maximum Gasteiger partial charge on any atom is 0.310 e. The lowest BCUT2D eigenvalue weighted by Crippen LogP contribution is -2.24. The molecule has 1 aliphatic heterocycles. The van der Waals surface area contributed by atoms with Gasteiger partial charge in [-0.25, -0.2) is 0 Å². The van der Waals surface area contributed by atoms with Crippen LogP contribution in [0.5, 0.6) is 0 Å². The highest BCUT2D eigenvalue weighted by Gasteiger charge is 2.27. The molecule has 1 aromatic carbocycles. The van der Waals surface area contributed by atoms with Gasteiger partial charge in [0.25, 0.3) is 0 Å². The maximum atomic E-state index is 11.6. The number of carbonyl (C=O) groups is 1. The monoisotopic (exact) mass is 220 g/mol. The smallest absolute Gasteiger partial charge is 0.310 e. The molecule has 1 saturated heterocycles. The molecule has 0 spiro atoms. The first kappa shape index (κ1) is 11.1. The van der Waals surface area contributed by atoms with Crippen LogP contribution in [-0.2, 0) is 20.7 Å². The summed E-state index contributed by atoms with van der Waals surface area (Å²) >= 11 is 0. The van der Waals surface area contributed by atoms with Crippen molar-refractivity contribution in [1.29, 1.82) is 0 Å². The number of hydrogen-bond acceptors (Lipinski definition) is 3. The molecular weight excluding hydrogens is 204 g/mol. The standard InChI is InChI=1S/C13H16O3/c1-10-8-15-9-12(10)16-13(14)7-11-5-3-2-4-6-11/h2-6,10,12H,7-9H2,1H3/t10-,12+/m0/s1. The van der Waals surface area contributed by atoms with Gasteiger partial charge < -0.3 is 9.47 Å². The SMILES string of the molecule is C[C@H]1COC[C@H]1OC(=O)Cc1ccccc1. The van der Waals surface area contributed by atoms with Gasteiger partial charge in [-0.2, -0.15) is 0 Å². The molecule has 1 heterocycles. The zero-order chi connectivity index (χ0) is 11.4. The van der Waals surface area contributed by atoms with E-state index >= 15 is 0 Å². The summed E-state index contributed by atoms with van der Waals surface area (Å²) in [7, 11) is 0. The predicted molar refractivity (Wildman–Crippen MR) is 60.0 cm³/mol. The molecule has 0 radical (unpaired) electrons. The van der Waals surface area contributed by atoms with Crippen LogP contribution in [-0.4, -0.2) is 25.3 Å². The van der Waals surface area contributed by atoms with E-state index in [4.69, 9.17) is 9.47 Å². The Labute approximate surface area is 95.4 Å². The number of rotatable bonds is 3. The molecule has 0 N–H and O–H groups in total. The molecule has 0 amide bonds. The van der Waals surface area contributed by atoms with Crippen molar-refractivity contribution in [3.05, 3.63) is 35.9 Å². The van der Waals surface area contributed by atoms with Crippen LogP contribution in [0.1, 0.15) is 12.5 Å². The molecule has 86 valence electrons. The third-order valence-electron chi connectivity index (χ3n) is 2.77. The van der Waals surface area contributed by atoms with Gasteiger partial charge in [-0.3, -0.25) is 4.79 Å². The Morgan fingerprint density at radius 2 is 2.12 bits per heavy atom. The molecule has 0 aromatic heterocycles. The summed E-state index contributed by atoms with van der Waals surface area (Å²) in [6.45, 7) is 3.25. The fourth-order valence-electron chi connectivity index (χ4n) is 1.76. The second-order valence-corrected chi connectivity index (χ2v) is 4.21. The van der Waals surface area contributed by atoms with Gasteiger partial charge in [-0.15, -0.1) is 0 Å². The van der Waals surface area contributed by atoms with Gasteiger partial charge in [-0.1, -0.05) is 37.3 Å². The average Bonchev–Trinajstić information content (AvgIpc) is 2.66. The number of hydrogen-bond donors (Lipinski definition) is 0. The van der Waals surface area contributed by atoms with Crippen molar-refractivity contribution < 1.29 is 14.3 Å². The van der Waals surface area contributed by atoms with Crippen LogP contribution in [0.25, 0.3) is 0 Å². The summed E-state index contributed by atoms with van der Waals surface area (Å²) in [5.74, 6) is 0.133. The van der Waals surface area contributed by atoms with Crippen molar-refractivity contribution in [2.45, 2.75) is 19.4 Å². The maximum absolute atomic E-state index is 11.6. The first-order valence-corrected chi connectivity index (χ1v) is 5.57. The van der Waals surface area contributed by atoms with Crippen molar-refractivity contribution >= 4 is 5.97 Å². The van der Waals surface area contributed by atoms with Gasteiger partial charge in [-0.05, 0) is 5.56 Å². The van der Waals surface area contributed by atoms with Gasteiger partial charge >= 0.3 is 5.97 Å². The van der Waals surface area contributed by atoms with Crippen molar-refractivity contribution in [2.24, 2.45) is 5.92 Å². The first-order valence-electron chi connectivity index (χ1n) is 5.57. The Balaban J connectivity index is 1.85. The zero-order valence-electron chi connectivity index (χ0n) is 9.39. The van der Waals surface area contributed by atoms with Crippen LogP contribution in [0.3, 0.4) is 0 Å². The zero-order valence-corrected chi connectivity index (χ0v) is 9.39. The molecule has 2 atom stereocenters. The molecule has 3 nitrogen and oxygen atoms in total. The molecule has 0 aliphatic carbocycles. The summed E-state index contributed by atoms with van der Waals surface area (Å²) < 4.78 is 10.6. The summed E-state index contributed by atoms with van der Waals surface area (Å²) in [5, 5.41) is 0. The van der Waals surface area contributed by atoms with E-state index in [1.807, 2.05) is 37.3 Å². The molecule has 0 unspecified atom stereocenters. The quantitative estimate of drug-likeness (QED) is 0.729. The number of benzene rings is 1. The molecule has 1 aliphatic rings. The molecule has 0 bridgehead atoms. The van der Waals surface area contributed by atoms with E-state index in [0.717, 1.165) is 5.56 Å². The molecule has 3 heteroatoms. The van der Waals surface area contributed by atoms with E-state index in [1.54, 1.807) is 0 Å². The minimum Gasteiger partial charge on any atom is -0.459 e. The third kappa shape index (κ3) is 2.83. The van der Waals surface area contributed by atoms with Crippen molar-refractivity contribution in [1.82, 2.24) is 0 Å². The van der Waals surface area contributed by atoms with Crippen LogP contribution in [0.15, 0.2) is 30.3 Å². The number of esters is 1. The molecular formula is C13H16O3. The van der Waals surface area contributed by atoms with E-state index in [-0.39, 0.29) is 12.1 Å². The molecule has 1 fully saturated rings. The van der Waals surface area contributed by atoms with Gasteiger partial charge in [0, 0.05) is 5.92 Å². The topological polar surface area (TPSA) is 35.5 Å². The summed E-state index contributed by atoms with van der Waals surface area (Å²) in [4.78, 5) is 11.6. The number of carbonyl (C=O) groups excluding carboxylic acids is 1. The Kier molecular flexibility index (Phi) is 3.57. The van der Waals surface area contributed by atoms with Crippen molar-refractivity contribution in [3.8, 4) is 0 Å². The van der Waals surface area contributed by atoms with E-state index in [9.17, 15) is 4.79 Å². The van der Waals surface area contributed by atoms with Crippen LogP contribution >= 0.6 is 0 Å². The predicted octanol–water partition coefficient (Wildman–Crippen LogP) is 1.81. The molecule has 16 heavy (non-hydrogen) atoms. The lowest BCUT2D eigenvalue weighted by atomic mass is 10.1. The molecule has 1 aromatic rings. The Hall–Kier alpha value is -1.35. The summed E-state index contributed by atoms with van der Waals surface area (Å²) in [6, 6.07) is 9.63. The van der Waals surface area contributed by atoms with Gasteiger partial charge in [0.05, 0.1) is 19.6 Å². The van der Waals surface area contributed by atoms with Gasteiger partial charge in [0.15, 0.2) is 0 Å². The van der Waals surface area contributed by atoms with Crippen molar-refractivity contribution in [3.63, 3.8) is 0 Å². The normalized spacial score (nSPS) is 24.3. The minimum atomic E-state index is -0.173. The highest BCUT2D eigenvalue weighted by molar-refractivity contribution is 5.72. The highest BCUT2D eigenvalue weighted by Crippen LogP contribution is 2.16. The largest absolute Gasteiger partial charge is 0.459 e. The molecule has 2 rings (SSSR count). The summed E-state index contributed by atoms with van der Waals surface area (Å²) in [5.41, 5.74) is 0.985. The fraction of sp³-hybridized carbons (Fsp3) is 0.462. The lowest BCUT2D eigenvalue weighted by molar-refractivity contribution is -0.149. The van der Waals surface area contributed by atoms with Crippen LogP contribution in [0.2, 0.25) is 0 Å². The van der Waals surface area contributed by atoms with E-state index in [1.165, 1.54) is 0 Å². The van der Waals surface area contributed by atoms with E-state index < -0.39 is 0 Å².